The maximum absolute atomic E-state index is 10.7. The molecule has 0 saturated carbocycles. The third-order valence-electron chi connectivity index (χ3n) is 4.65. The molecule has 0 radical (unpaired) electrons. The van der Waals surface area contributed by atoms with Gasteiger partial charge in [0.25, 0.3) is 5.69 Å². The van der Waals surface area contributed by atoms with Gasteiger partial charge in [-0.3, -0.25) is 10.1 Å². The SMILES string of the molecule is CCn1c2ccccc2c2cc(CN=Nc3ccc([N+](=O)[O-])cc3)ccc21. The second-order valence-corrected chi connectivity index (χ2v) is 6.29. The fraction of sp³-hybridized carbons (Fsp3) is 0.143. The van der Waals surface area contributed by atoms with E-state index in [9.17, 15) is 10.1 Å². The van der Waals surface area contributed by atoms with E-state index in [1.807, 2.05) is 0 Å². The molecule has 6 nitrogen and oxygen atoms in total. The van der Waals surface area contributed by atoms with E-state index in [4.69, 9.17) is 0 Å². The normalized spacial score (nSPS) is 11.6. The van der Waals surface area contributed by atoms with Gasteiger partial charge in [0.05, 0.1) is 17.2 Å². The number of para-hydroxylation sites is 1. The molecule has 0 aliphatic rings. The number of aromatic nitrogens is 1. The van der Waals surface area contributed by atoms with E-state index in [-0.39, 0.29) is 5.69 Å². The number of azo groups is 1. The summed E-state index contributed by atoms with van der Waals surface area (Å²) >= 11 is 0. The van der Waals surface area contributed by atoms with Crippen LogP contribution in [0.25, 0.3) is 21.8 Å². The number of nitro benzene ring substituents is 1. The van der Waals surface area contributed by atoms with Gasteiger partial charge in [0, 0.05) is 40.5 Å². The molecule has 6 heteroatoms. The standard InChI is InChI=1S/C21H18N4O2/c1-2-24-20-6-4-3-5-18(20)19-13-15(7-12-21(19)24)14-22-23-16-8-10-17(11-9-16)25(26)27/h3-13H,2,14H2,1H3. The Morgan fingerprint density at radius 3 is 2.44 bits per heavy atom. The molecule has 4 rings (SSSR count). The van der Waals surface area contributed by atoms with Gasteiger partial charge in [0.2, 0.25) is 0 Å². The molecular formula is C21H18N4O2. The highest BCUT2D eigenvalue weighted by molar-refractivity contribution is 6.08. The Morgan fingerprint density at radius 2 is 1.70 bits per heavy atom. The number of nitrogens with zero attached hydrogens (tertiary/aromatic N) is 4. The van der Waals surface area contributed by atoms with Gasteiger partial charge in [-0.25, -0.2) is 0 Å². The van der Waals surface area contributed by atoms with Gasteiger partial charge in [0.1, 0.15) is 0 Å². The Morgan fingerprint density at radius 1 is 0.963 bits per heavy atom. The van der Waals surface area contributed by atoms with E-state index in [0.717, 1.165) is 12.1 Å². The smallest absolute Gasteiger partial charge is 0.269 e. The number of rotatable bonds is 5. The van der Waals surface area contributed by atoms with Crippen LogP contribution in [0, 0.1) is 10.1 Å². The first kappa shape index (κ1) is 16.9. The topological polar surface area (TPSA) is 72.8 Å². The maximum atomic E-state index is 10.7. The van der Waals surface area contributed by atoms with Crippen LogP contribution in [0.15, 0.2) is 77.0 Å². The molecule has 0 aliphatic carbocycles. The number of fused-ring (bicyclic) bond motifs is 3. The van der Waals surface area contributed by atoms with Crippen molar-refractivity contribution >= 4 is 33.2 Å². The van der Waals surface area contributed by atoms with Crippen LogP contribution in [-0.4, -0.2) is 9.49 Å². The van der Waals surface area contributed by atoms with Gasteiger partial charge >= 0.3 is 0 Å². The second kappa shape index (κ2) is 6.99. The molecule has 0 bridgehead atoms. The Labute approximate surface area is 155 Å². The Bertz CT molecular complexity index is 1160. The van der Waals surface area contributed by atoms with Gasteiger partial charge in [-0.2, -0.15) is 10.2 Å². The molecule has 0 spiro atoms. The maximum Gasteiger partial charge on any atom is 0.269 e. The molecule has 1 heterocycles. The summed E-state index contributed by atoms with van der Waals surface area (Å²) in [6, 6.07) is 20.8. The highest BCUT2D eigenvalue weighted by Gasteiger charge is 2.09. The monoisotopic (exact) mass is 358 g/mol. The van der Waals surface area contributed by atoms with E-state index in [1.165, 1.54) is 33.9 Å². The molecule has 0 amide bonds. The molecule has 0 unspecified atom stereocenters. The number of benzene rings is 3. The van der Waals surface area contributed by atoms with Crippen molar-refractivity contribution in [3.8, 4) is 0 Å². The summed E-state index contributed by atoms with van der Waals surface area (Å²) in [5.41, 5.74) is 4.18. The Hall–Kier alpha value is -3.54. The van der Waals surface area contributed by atoms with Crippen LogP contribution < -0.4 is 0 Å². The molecule has 134 valence electrons. The number of nitro groups is 1. The van der Waals surface area contributed by atoms with Crippen LogP contribution in [0.4, 0.5) is 11.4 Å². The number of hydrogen-bond donors (Lipinski definition) is 0. The highest BCUT2D eigenvalue weighted by Crippen LogP contribution is 2.30. The number of aryl methyl sites for hydroxylation is 1. The van der Waals surface area contributed by atoms with Crippen molar-refractivity contribution in [2.45, 2.75) is 20.0 Å². The van der Waals surface area contributed by atoms with Crippen molar-refractivity contribution in [3.63, 3.8) is 0 Å². The summed E-state index contributed by atoms with van der Waals surface area (Å²) in [5.74, 6) is 0. The largest absolute Gasteiger partial charge is 0.341 e. The lowest BCUT2D eigenvalue weighted by molar-refractivity contribution is -0.384. The van der Waals surface area contributed by atoms with Crippen LogP contribution in [0.3, 0.4) is 0 Å². The third kappa shape index (κ3) is 3.17. The van der Waals surface area contributed by atoms with Crippen molar-refractivity contribution in [1.29, 1.82) is 0 Å². The molecule has 27 heavy (non-hydrogen) atoms. The van der Waals surface area contributed by atoms with Crippen LogP contribution >= 0.6 is 0 Å². The van der Waals surface area contributed by atoms with Gasteiger partial charge < -0.3 is 4.57 Å². The molecule has 3 aromatic carbocycles. The van der Waals surface area contributed by atoms with E-state index in [1.54, 1.807) is 12.1 Å². The van der Waals surface area contributed by atoms with Crippen LogP contribution in [0.5, 0.6) is 0 Å². The van der Waals surface area contributed by atoms with Gasteiger partial charge in [-0.15, -0.1) is 0 Å². The first-order valence-electron chi connectivity index (χ1n) is 8.79. The first-order chi connectivity index (χ1) is 13.2. The molecular weight excluding hydrogens is 340 g/mol. The molecule has 0 saturated heterocycles. The number of hydrogen-bond acceptors (Lipinski definition) is 4. The summed E-state index contributed by atoms with van der Waals surface area (Å²) in [6.07, 6.45) is 0. The Kier molecular flexibility index (Phi) is 4.38. The van der Waals surface area contributed by atoms with E-state index in [2.05, 4.69) is 64.2 Å². The van der Waals surface area contributed by atoms with Crippen molar-refractivity contribution in [3.05, 3.63) is 82.4 Å². The van der Waals surface area contributed by atoms with E-state index in [0.29, 0.717) is 12.2 Å². The zero-order chi connectivity index (χ0) is 18.8. The van der Waals surface area contributed by atoms with Crippen LogP contribution in [-0.2, 0) is 13.1 Å². The molecule has 4 aromatic rings. The minimum atomic E-state index is -0.428. The van der Waals surface area contributed by atoms with Gasteiger partial charge in [0.15, 0.2) is 0 Å². The second-order valence-electron chi connectivity index (χ2n) is 6.29. The minimum absolute atomic E-state index is 0.0479. The van der Waals surface area contributed by atoms with E-state index < -0.39 is 4.92 Å². The zero-order valence-electron chi connectivity index (χ0n) is 14.9. The molecule has 1 aromatic heterocycles. The highest BCUT2D eigenvalue weighted by atomic mass is 16.6. The average Bonchev–Trinajstić information content (AvgIpc) is 3.01. The lowest BCUT2D eigenvalue weighted by Gasteiger charge is -2.03. The number of non-ortho nitro benzene ring substituents is 1. The predicted octanol–water partition coefficient (Wildman–Crippen LogP) is 6.01. The van der Waals surface area contributed by atoms with Crippen molar-refractivity contribution in [2.75, 3.05) is 0 Å². The summed E-state index contributed by atoms with van der Waals surface area (Å²) in [5, 5.41) is 21.6. The summed E-state index contributed by atoms with van der Waals surface area (Å²) in [7, 11) is 0. The first-order valence-corrected chi connectivity index (χ1v) is 8.79. The van der Waals surface area contributed by atoms with Gasteiger partial charge in [-0.1, -0.05) is 24.3 Å². The Balaban J connectivity index is 1.61. The molecule has 0 atom stereocenters. The minimum Gasteiger partial charge on any atom is -0.341 e. The van der Waals surface area contributed by atoms with Crippen LogP contribution in [0.1, 0.15) is 12.5 Å². The van der Waals surface area contributed by atoms with Crippen molar-refractivity contribution in [2.24, 2.45) is 10.2 Å². The lowest BCUT2D eigenvalue weighted by atomic mass is 10.1. The summed E-state index contributed by atoms with van der Waals surface area (Å²) in [4.78, 5) is 10.3. The van der Waals surface area contributed by atoms with Crippen LogP contribution in [0.2, 0.25) is 0 Å². The zero-order valence-corrected chi connectivity index (χ0v) is 14.9. The van der Waals surface area contributed by atoms with Gasteiger partial charge in [-0.05, 0) is 42.8 Å². The fourth-order valence-corrected chi connectivity index (χ4v) is 3.38. The third-order valence-corrected chi connectivity index (χ3v) is 4.65. The molecule has 0 N–H and O–H groups in total. The average molecular weight is 358 g/mol. The molecule has 0 fully saturated rings. The van der Waals surface area contributed by atoms with Crippen molar-refractivity contribution in [1.82, 2.24) is 4.57 Å². The predicted molar refractivity (Wildman–Crippen MR) is 106 cm³/mol. The van der Waals surface area contributed by atoms with Crippen molar-refractivity contribution < 1.29 is 4.92 Å². The van der Waals surface area contributed by atoms with E-state index >= 15 is 0 Å². The molecule has 0 aliphatic heterocycles. The lowest BCUT2D eigenvalue weighted by Crippen LogP contribution is -1.92. The summed E-state index contributed by atoms with van der Waals surface area (Å²) in [6.45, 7) is 3.53. The fourth-order valence-electron chi connectivity index (χ4n) is 3.38. The summed E-state index contributed by atoms with van der Waals surface area (Å²) < 4.78 is 2.31. The quantitative estimate of drug-likeness (QED) is 0.249.